The van der Waals surface area contributed by atoms with Crippen molar-refractivity contribution < 1.29 is 29.3 Å². The minimum absolute atomic E-state index is 0.0645. The van der Waals surface area contributed by atoms with Gasteiger partial charge in [-0.1, -0.05) is 6.07 Å². The molecular weight excluding hydrogens is 322 g/mol. The zero-order chi connectivity index (χ0) is 17.1. The summed E-state index contributed by atoms with van der Waals surface area (Å²) in [6.07, 6.45) is 3.58. The van der Waals surface area contributed by atoms with Crippen molar-refractivity contribution in [2.24, 2.45) is 0 Å². The average molecular weight is 340 g/mol. The number of aliphatic hydroxyl groups excluding tert-OH is 1. The first-order valence-corrected chi connectivity index (χ1v) is 8.22. The van der Waals surface area contributed by atoms with Crippen LogP contribution >= 0.6 is 0 Å². The Kier molecular flexibility index (Phi) is 3.01. The third-order valence-corrected chi connectivity index (χ3v) is 5.19. The molecule has 25 heavy (non-hydrogen) atoms. The molecule has 0 bridgehead atoms. The molecule has 5 rings (SSSR count). The van der Waals surface area contributed by atoms with E-state index in [-0.39, 0.29) is 18.6 Å². The maximum absolute atomic E-state index is 10.6. The van der Waals surface area contributed by atoms with E-state index in [1.807, 2.05) is 24.4 Å². The minimum atomic E-state index is -0.592. The maximum Gasteiger partial charge on any atom is 0.231 e. The number of hydrogen-bond donors (Lipinski definition) is 3. The monoisotopic (exact) mass is 340 g/mol. The lowest BCUT2D eigenvalue weighted by molar-refractivity contribution is -0.849. The highest BCUT2D eigenvalue weighted by molar-refractivity contribution is 5.56. The normalized spacial score (nSPS) is 25.1. The largest absolute Gasteiger partial charge is 0.504 e. The number of aliphatic hydroxyl groups is 1. The number of hydrogen-bond acceptors (Lipinski definition) is 5. The number of phenolic OH excluding ortho intramolecular Hbond substituents is 1. The number of phenols is 1. The van der Waals surface area contributed by atoms with Crippen molar-refractivity contribution in [2.45, 2.75) is 12.1 Å². The molecule has 0 fully saturated rings. The van der Waals surface area contributed by atoms with Crippen molar-refractivity contribution >= 4 is 12.3 Å². The molecule has 3 aliphatic rings. The van der Waals surface area contributed by atoms with Gasteiger partial charge in [0.25, 0.3) is 0 Å². The van der Waals surface area contributed by atoms with Crippen LogP contribution in [0, 0.1) is 0 Å². The van der Waals surface area contributed by atoms with Crippen LogP contribution in [0.4, 0.5) is 0 Å². The quantitative estimate of drug-likeness (QED) is 0.643. The van der Waals surface area contributed by atoms with Crippen LogP contribution in [0.3, 0.4) is 0 Å². The van der Waals surface area contributed by atoms with Crippen molar-refractivity contribution in [3.8, 4) is 23.0 Å². The Bertz CT molecular complexity index is 1000. The van der Waals surface area contributed by atoms with E-state index in [9.17, 15) is 10.2 Å². The molecule has 0 spiro atoms. The molecule has 3 aliphatic heterocycles. The highest BCUT2D eigenvalue weighted by Crippen LogP contribution is 2.40. The molecule has 2 aromatic carbocycles. The van der Waals surface area contributed by atoms with Gasteiger partial charge in [0.05, 0.1) is 12.3 Å². The molecule has 0 aliphatic carbocycles. The molecule has 128 valence electrons. The van der Waals surface area contributed by atoms with E-state index in [0.29, 0.717) is 18.0 Å². The van der Waals surface area contributed by atoms with Crippen LogP contribution in [0.15, 0.2) is 24.3 Å². The zero-order valence-electron chi connectivity index (χ0n) is 13.7. The number of nitrogens with one attached hydrogen (secondary N) is 1. The SMILES string of the molecule is COc1c(O)ccc2c1=C[NH+]1C[C@H](O)c3cc4c(cc3C1C=2)OCO4. The Labute approximate surface area is 143 Å². The van der Waals surface area contributed by atoms with E-state index in [2.05, 4.69) is 6.08 Å². The van der Waals surface area contributed by atoms with Gasteiger partial charge >= 0.3 is 0 Å². The first kappa shape index (κ1) is 14.6. The van der Waals surface area contributed by atoms with Gasteiger partial charge in [0.1, 0.15) is 24.9 Å². The molecule has 3 N–H and O–H groups in total. The van der Waals surface area contributed by atoms with Crippen molar-refractivity contribution in [3.05, 3.63) is 45.8 Å². The lowest BCUT2D eigenvalue weighted by Gasteiger charge is -2.34. The highest BCUT2D eigenvalue weighted by atomic mass is 16.7. The highest BCUT2D eigenvalue weighted by Gasteiger charge is 2.37. The summed E-state index contributed by atoms with van der Waals surface area (Å²) in [5, 5.41) is 22.5. The minimum Gasteiger partial charge on any atom is -0.504 e. The molecule has 6 heteroatoms. The van der Waals surface area contributed by atoms with Crippen molar-refractivity contribution in [1.29, 1.82) is 0 Å². The summed E-state index contributed by atoms with van der Waals surface area (Å²) in [6, 6.07) is 7.45. The van der Waals surface area contributed by atoms with Crippen LogP contribution < -0.4 is 29.5 Å². The lowest BCUT2D eigenvalue weighted by Crippen LogP contribution is -3.09. The van der Waals surface area contributed by atoms with Gasteiger partial charge in [-0.15, -0.1) is 0 Å². The molecule has 2 aromatic rings. The number of methoxy groups -OCH3 is 1. The summed E-state index contributed by atoms with van der Waals surface area (Å²) in [5.41, 5.74) is 1.92. The molecule has 3 heterocycles. The summed E-state index contributed by atoms with van der Waals surface area (Å²) in [5.74, 6) is 1.98. The lowest BCUT2D eigenvalue weighted by atomic mass is 9.88. The molecule has 0 amide bonds. The average Bonchev–Trinajstić information content (AvgIpc) is 3.07. The Morgan fingerprint density at radius 3 is 2.68 bits per heavy atom. The zero-order valence-corrected chi connectivity index (χ0v) is 13.7. The standard InChI is InChI=1S/C19H17NO5/c1-23-19-13-7-20-8-16(22)12-6-18-17(24-9-25-18)5-11(12)14(20)4-10(13)2-3-15(19)21/h2-7,14,16,21-22H,8-9H2,1H3/p+1/t14?,16-/m0/s1. The molecule has 2 unspecified atom stereocenters. The van der Waals surface area contributed by atoms with Gasteiger partial charge in [0.15, 0.2) is 23.0 Å². The van der Waals surface area contributed by atoms with Gasteiger partial charge in [0.2, 0.25) is 6.79 Å². The molecular formula is C19H18NO5+. The molecule has 0 radical (unpaired) electrons. The van der Waals surface area contributed by atoms with Crippen molar-refractivity contribution in [3.63, 3.8) is 0 Å². The Morgan fingerprint density at radius 1 is 1.16 bits per heavy atom. The second-order valence-electron chi connectivity index (χ2n) is 6.54. The van der Waals surface area contributed by atoms with Gasteiger partial charge < -0.3 is 24.4 Å². The molecule has 3 atom stereocenters. The molecule has 6 nitrogen and oxygen atoms in total. The van der Waals surface area contributed by atoms with E-state index < -0.39 is 6.10 Å². The van der Waals surface area contributed by atoms with Crippen molar-refractivity contribution in [2.75, 3.05) is 20.4 Å². The topological polar surface area (TPSA) is 72.6 Å². The summed E-state index contributed by atoms with van der Waals surface area (Å²) < 4.78 is 16.3. The second kappa shape index (κ2) is 5.15. The van der Waals surface area contributed by atoms with Gasteiger partial charge in [-0.2, -0.15) is 0 Å². The van der Waals surface area contributed by atoms with E-state index in [1.54, 1.807) is 13.2 Å². The van der Waals surface area contributed by atoms with Crippen LogP contribution in [-0.4, -0.2) is 30.7 Å². The van der Waals surface area contributed by atoms with Crippen LogP contribution in [0.25, 0.3) is 12.3 Å². The number of ether oxygens (including phenoxy) is 3. The fourth-order valence-corrected chi connectivity index (χ4v) is 4.01. The molecule has 0 saturated carbocycles. The summed E-state index contributed by atoms with van der Waals surface area (Å²) >= 11 is 0. The van der Waals surface area contributed by atoms with Crippen LogP contribution in [-0.2, 0) is 0 Å². The number of quaternary nitrogens is 1. The molecule has 0 saturated heterocycles. The summed E-state index contributed by atoms with van der Waals surface area (Å²) in [7, 11) is 1.55. The van der Waals surface area contributed by atoms with Crippen molar-refractivity contribution in [1.82, 2.24) is 0 Å². The van der Waals surface area contributed by atoms with Gasteiger partial charge in [-0.05, 0) is 35.1 Å². The van der Waals surface area contributed by atoms with E-state index in [0.717, 1.165) is 32.2 Å². The molecule has 0 aromatic heterocycles. The predicted octanol–water partition coefficient (Wildman–Crippen LogP) is -0.665. The predicted molar refractivity (Wildman–Crippen MR) is 88.9 cm³/mol. The number of fused-ring (bicyclic) bond motifs is 5. The number of aromatic hydroxyl groups is 1. The van der Waals surface area contributed by atoms with E-state index in [1.165, 1.54) is 0 Å². The first-order chi connectivity index (χ1) is 12.2. The Hall–Kier alpha value is -2.70. The third kappa shape index (κ3) is 2.04. The number of benzene rings is 2. The van der Waals surface area contributed by atoms with Gasteiger partial charge in [-0.25, -0.2) is 0 Å². The van der Waals surface area contributed by atoms with Crippen LogP contribution in [0.1, 0.15) is 23.3 Å². The summed E-state index contributed by atoms with van der Waals surface area (Å²) in [4.78, 5) is 1.09. The van der Waals surface area contributed by atoms with Gasteiger partial charge in [0, 0.05) is 5.56 Å². The fourth-order valence-electron chi connectivity index (χ4n) is 4.01. The van der Waals surface area contributed by atoms with Crippen LogP contribution in [0.2, 0.25) is 0 Å². The Balaban J connectivity index is 1.73. The van der Waals surface area contributed by atoms with Gasteiger partial charge in [-0.3, -0.25) is 4.90 Å². The van der Waals surface area contributed by atoms with Crippen LogP contribution in [0.5, 0.6) is 23.0 Å². The maximum atomic E-state index is 10.6. The summed E-state index contributed by atoms with van der Waals surface area (Å²) in [6.45, 7) is 0.747. The number of rotatable bonds is 1. The smallest absolute Gasteiger partial charge is 0.231 e. The fraction of sp³-hybridized carbons (Fsp3) is 0.263. The third-order valence-electron chi connectivity index (χ3n) is 5.19. The van der Waals surface area contributed by atoms with E-state index in [4.69, 9.17) is 14.2 Å². The second-order valence-corrected chi connectivity index (χ2v) is 6.54. The first-order valence-electron chi connectivity index (χ1n) is 8.22. The Morgan fingerprint density at radius 2 is 1.92 bits per heavy atom. The van der Waals surface area contributed by atoms with E-state index >= 15 is 0 Å².